The van der Waals surface area contributed by atoms with E-state index in [1.165, 1.54) is 18.2 Å². The minimum atomic E-state index is -1.12. The Labute approximate surface area is 156 Å². The van der Waals surface area contributed by atoms with Crippen LogP contribution in [0.25, 0.3) is 0 Å². The van der Waals surface area contributed by atoms with Crippen molar-refractivity contribution in [3.63, 3.8) is 0 Å². The third kappa shape index (κ3) is 10.7. The summed E-state index contributed by atoms with van der Waals surface area (Å²) in [4.78, 5) is 32.2. The Balaban J connectivity index is 0.00000153. The predicted octanol–water partition coefficient (Wildman–Crippen LogP) is -0.243. The van der Waals surface area contributed by atoms with Crippen molar-refractivity contribution < 1.29 is 34.8 Å². The monoisotopic (exact) mass is 385 g/mol. The van der Waals surface area contributed by atoms with Gasteiger partial charge in [0.15, 0.2) is 11.5 Å². The van der Waals surface area contributed by atoms with Crippen molar-refractivity contribution in [1.82, 2.24) is 5.32 Å². The van der Waals surface area contributed by atoms with Gasteiger partial charge in [-0.15, -0.1) is 0 Å². The number of rotatable bonds is 9. The molecule has 1 rings (SSSR count). The summed E-state index contributed by atoms with van der Waals surface area (Å²) in [6.45, 7) is 1.55. The molecule has 152 valence electrons. The molecule has 0 aliphatic heterocycles. The average molecular weight is 385 g/mol. The first-order chi connectivity index (χ1) is 12.6. The predicted molar refractivity (Wildman–Crippen MR) is 97.2 cm³/mol. The number of carbonyl (C=O) groups excluding carboxylic acids is 1. The lowest BCUT2D eigenvalue weighted by Crippen LogP contribution is -2.49. The Morgan fingerprint density at radius 1 is 1.11 bits per heavy atom. The van der Waals surface area contributed by atoms with Gasteiger partial charge in [-0.05, 0) is 49.9 Å². The van der Waals surface area contributed by atoms with E-state index in [9.17, 15) is 19.8 Å². The molecule has 1 amide bonds. The van der Waals surface area contributed by atoms with E-state index in [1.807, 2.05) is 0 Å². The van der Waals surface area contributed by atoms with Crippen molar-refractivity contribution in [2.75, 3.05) is 6.54 Å². The highest BCUT2D eigenvalue weighted by Crippen LogP contribution is 2.25. The minimum absolute atomic E-state index is 0.106. The molecule has 0 aliphatic carbocycles. The van der Waals surface area contributed by atoms with Crippen molar-refractivity contribution in [3.8, 4) is 11.5 Å². The second-order valence-electron chi connectivity index (χ2n) is 5.84. The zero-order valence-electron chi connectivity index (χ0n) is 15.1. The summed E-state index contributed by atoms with van der Waals surface area (Å²) in [7, 11) is 0. The molecule has 1 aromatic rings. The summed E-state index contributed by atoms with van der Waals surface area (Å²) in [6, 6.07) is 2.15. The van der Waals surface area contributed by atoms with Crippen LogP contribution in [0.3, 0.4) is 0 Å². The highest BCUT2D eigenvalue weighted by molar-refractivity contribution is 5.87. The van der Waals surface area contributed by atoms with Gasteiger partial charge in [0, 0.05) is 6.92 Å². The number of unbranched alkanes of at least 4 members (excludes halogenated alkanes) is 1. The topological polar surface area (TPSA) is 196 Å². The maximum absolute atomic E-state index is 12.0. The number of benzene rings is 1. The van der Waals surface area contributed by atoms with Gasteiger partial charge in [-0.1, -0.05) is 6.07 Å². The Hall–Kier alpha value is -2.85. The number of carbonyl (C=O) groups is 3. The highest BCUT2D eigenvalue weighted by Gasteiger charge is 2.23. The van der Waals surface area contributed by atoms with E-state index >= 15 is 0 Å². The van der Waals surface area contributed by atoms with E-state index in [0.717, 1.165) is 6.92 Å². The number of aromatic hydroxyl groups is 2. The van der Waals surface area contributed by atoms with Crippen LogP contribution in [0.1, 0.15) is 31.7 Å². The third-order valence-corrected chi connectivity index (χ3v) is 3.39. The first kappa shape index (κ1) is 24.1. The second-order valence-corrected chi connectivity index (χ2v) is 5.84. The molecule has 0 spiro atoms. The number of hydrogen-bond donors (Lipinski definition) is 7. The Morgan fingerprint density at radius 3 is 2.19 bits per heavy atom. The molecule has 0 aromatic heterocycles. The molecule has 0 heterocycles. The molecule has 10 heteroatoms. The lowest BCUT2D eigenvalue weighted by Gasteiger charge is -2.18. The van der Waals surface area contributed by atoms with Crippen LogP contribution >= 0.6 is 0 Å². The SMILES string of the molecule is CC(=O)O.NCCCC[C@H](NC(=O)[C@@H](N)Cc1ccc(O)c(O)c1)C(=O)O. The van der Waals surface area contributed by atoms with Crippen LogP contribution in [-0.2, 0) is 20.8 Å². The number of phenols is 2. The van der Waals surface area contributed by atoms with Gasteiger partial charge in [-0.2, -0.15) is 0 Å². The van der Waals surface area contributed by atoms with Gasteiger partial charge >= 0.3 is 5.97 Å². The average Bonchev–Trinajstić information content (AvgIpc) is 2.56. The maximum atomic E-state index is 12.0. The fraction of sp³-hybridized carbons (Fsp3) is 0.471. The number of carboxylic acids is 2. The molecule has 2 atom stereocenters. The normalized spacial score (nSPS) is 12.3. The van der Waals surface area contributed by atoms with Gasteiger partial charge in [0.1, 0.15) is 6.04 Å². The van der Waals surface area contributed by atoms with E-state index in [0.29, 0.717) is 24.9 Å². The smallest absolute Gasteiger partial charge is 0.326 e. The minimum Gasteiger partial charge on any atom is -0.504 e. The maximum Gasteiger partial charge on any atom is 0.326 e. The number of amides is 1. The van der Waals surface area contributed by atoms with Crippen LogP contribution in [0.2, 0.25) is 0 Å². The van der Waals surface area contributed by atoms with Crippen LogP contribution < -0.4 is 16.8 Å². The Morgan fingerprint density at radius 2 is 1.70 bits per heavy atom. The van der Waals surface area contributed by atoms with Crippen LogP contribution in [0, 0.1) is 0 Å². The molecule has 0 aliphatic rings. The van der Waals surface area contributed by atoms with Crippen LogP contribution in [0.4, 0.5) is 0 Å². The van der Waals surface area contributed by atoms with E-state index in [1.54, 1.807) is 0 Å². The number of carboxylic acid groups (broad SMARTS) is 2. The third-order valence-electron chi connectivity index (χ3n) is 3.39. The van der Waals surface area contributed by atoms with Crippen molar-refractivity contribution in [2.24, 2.45) is 11.5 Å². The van der Waals surface area contributed by atoms with Gasteiger partial charge in [0.25, 0.3) is 5.97 Å². The number of nitrogens with one attached hydrogen (secondary N) is 1. The molecule has 0 fully saturated rings. The summed E-state index contributed by atoms with van der Waals surface area (Å²) in [5, 5.41) is 37.6. The molecule has 1 aromatic carbocycles. The van der Waals surface area contributed by atoms with Gasteiger partial charge in [-0.3, -0.25) is 9.59 Å². The molecule has 0 bridgehead atoms. The van der Waals surface area contributed by atoms with Crippen LogP contribution in [0.5, 0.6) is 11.5 Å². The molecular weight excluding hydrogens is 358 g/mol. The summed E-state index contributed by atoms with van der Waals surface area (Å²) in [6.07, 6.45) is 1.66. The summed E-state index contributed by atoms with van der Waals surface area (Å²) < 4.78 is 0. The van der Waals surface area contributed by atoms with Gasteiger partial charge in [0.2, 0.25) is 5.91 Å². The van der Waals surface area contributed by atoms with E-state index in [-0.39, 0.29) is 24.3 Å². The zero-order valence-corrected chi connectivity index (χ0v) is 15.1. The molecule has 0 radical (unpaired) electrons. The number of hydrogen-bond acceptors (Lipinski definition) is 7. The number of nitrogens with two attached hydrogens (primary N) is 2. The Bertz CT molecular complexity index is 633. The summed E-state index contributed by atoms with van der Waals surface area (Å²) in [5.74, 6) is -3.11. The van der Waals surface area contributed by atoms with Crippen molar-refractivity contribution in [2.45, 2.75) is 44.7 Å². The van der Waals surface area contributed by atoms with Crippen molar-refractivity contribution in [3.05, 3.63) is 23.8 Å². The molecule has 0 saturated carbocycles. The molecular formula is C17H27N3O7. The molecule has 27 heavy (non-hydrogen) atoms. The van der Waals surface area contributed by atoms with E-state index in [4.69, 9.17) is 26.5 Å². The lowest BCUT2D eigenvalue weighted by atomic mass is 10.0. The van der Waals surface area contributed by atoms with E-state index < -0.39 is 29.9 Å². The second kappa shape index (κ2) is 12.5. The standard InChI is InChI=1S/C15H23N3O5.C2H4O2/c16-6-2-1-3-11(15(22)23)18-14(21)10(17)7-9-4-5-12(19)13(20)8-9;1-2(3)4/h4-5,8,10-11,19-20H,1-3,6-7,16-17H2,(H,18,21)(H,22,23);1H3,(H,3,4)/t10-,11-;/m0./s1. The summed E-state index contributed by atoms with van der Waals surface area (Å²) in [5.41, 5.74) is 11.7. The Kier molecular flexibility index (Phi) is 11.2. The quantitative estimate of drug-likeness (QED) is 0.221. The van der Waals surface area contributed by atoms with Crippen LogP contribution in [0.15, 0.2) is 18.2 Å². The number of phenolic OH excluding ortho intramolecular Hbond substituents is 2. The molecule has 0 unspecified atom stereocenters. The van der Waals surface area contributed by atoms with Gasteiger partial charge in [0.05, 0.1) is 6.04 Å². The largest absolute Gasteiger partial charge is 0.504 e. The first-order valence-electron chi connectivity index (χ1n) is 8.27. The van der Waals surface area contributed by atoms with E-state index in [2.05, 4.69) is 5.32 Å². The molecule has 10 nitrogen and oxygen atoms in total. The highest BCUT2D eigenvalue weighted by atomic mass is 16.4. The number of aliphatic carboxylic acids is 2. The summed E-state index contributed by atoms with van der Waals surface area (Å²) >= 11 is 0. The van der Waals surface area contributed by atoms with Gasteiger partial charge < -0.3 is 37.2 Å². The fourth-order valence-electron chi connectivity index (χ4n) is 2.07. The van der Waals surface area contributed by atoms with Crippen molar-refractivity contribution in [1.29, 1.82) is 0 Å². The molecule has 9 N–H and O–H groups in total. The lowest BCUT2D eigenvalue weighted by molar-refractivity contribution is -0.142. The first-order valence-corrected chi connectivity index (χ1v) is 8.27. The fourth-order valence-corrected chi connectivity index (χ4v) is 2.07. The van der Waals surface area contributed by atoms with Gasteiger partial charge in [-0.25, -0.2) is 4.79 Å². The molecule has 0 saturated heterocycles. The van der Waals surface area contributed by atoms with Crippen LogP contribution in [-0.4, -0.2) is 56.9 Å². The van der Waals surface area contributed by atoms with Crippen molar-refractivity contribution >= 4 is 17.8 Å². The zero-order chi connectivity index (χ0) is 21.0.